The molecule has 1 aliphatic rings. The first-order chi connectivity index (χ1) is 10.6. The molecule has 2 aromatic heterocycles. The number of aromatic nitrogens is 3. The van der Waals surface area contributed by atoms with Crippen LogP contribution < -0.4 is 4.72 Å². The number of sulfonamides is 1. The van der Waals surface area contributed by atoms with Crippen molar-refractivity contribution >= 4 is 10.0 Å². The molecule has 22 heavy (non-hydrogen) atoms. The standard InChI is InChI=1S/C14H18N4O3S/c1-2-18-8-7-16-14(18)13-12(5-9-21-13)17-22(19,20)11-4-3-6-15-10-11/h3-4,6-8,10,12-13,17H,2,5,9H2,1H3/t12-,13-/m0/s1. The third-order valence-corrected chi connectivity index (χ3v) is 5.16. The van der Waals surface area contributed by atoms with Gasteiger partial charge in [-0.05, 0) is 25.5 Å². The summed E-state index contributed by atoms with van der Waals surface area (Å²) < 4.78 is 35.2. The van der Waals surface area contributed by atoms with Crippen LogP contribution in [0.4, 0.5) is 0 Å². The van der Waals surface area contributed by atoms with Crippen LogP contribution in [0.2, 0.25) is 0 Å². The Balaban J connectivity index is 1.83. The topological polar surface area (TPSA) is 86.1 Å². The van der Waals surface area contributed by atoms with Crippen LogP contribution >= 0.6 is 0 Å². The lowest BCUT2D eigenvalue weighted by atomic mass is 10.1. The molecule has 3 heterocycles. The van der Waals surface area contributed by atoms with Crippen molar-refractivity contribution in [2.45, 2.75) is 36.9 Å². The number of hydrogen-bond acceptors (Lipinski definition) is 5. The highest BCUT2D eigenvalue weighted by molar-refractivity contribution is 7.89. The van der Waals surface area contributed by atoms with E-state index in [9.17, 15) is 8.42 Å². The molecule has 0 aliphatic carbocycles. The second kappa shape index (κ2) is 6.15. The normalized spacial score (nSPS) is 22.0. The summed E-state index contributed by atoms with van der Waals surface area (Å²) in [4.78, 5) is 8.32. The predicted octanol–water partition coefficient (Wildman–Crippen LogP) is 1.11. The maximum atomic E-state index is 12.4. The minimum absolute atomic E-state index is 0.152. The first-order valence-electron chi connectivity index (χ1n) is 7.17. The van der Waals surface area contributed by atoms with E-state index in [1.165, 1.54) is 12.3 Å². The molecular weight excluding hydrogens is 304 g/mol. The first kappa shape index (κ1) is 15.1. The molecule has 0 saturated carbocycles. The van der Waals surface area contributed by atoms with Crippen molar-refractivity contribution in [1.29, 1.82) is 0 Å². The van der Waals surface area contributed by atoms with Crippen molar-refractivity contribution in [3.8, 4) is 0 Å². The SMILES string of the molecule is CCn1ccnc1[C@H]1OCC[C@@H]1NS(=O)(=O)c1cccnc1. The van der Waals surface area contributed by atoms with Crippen molar-refractivity contribution < 1.29 is 13.2 Å². The van der Waals surface area contributed by atoms with Crippen LogP contribution in [0.5, 0.6) is 0 Å². The fraction of sp³-hybridized carbons (Fsp3) is 0.429. The van der Waals surface area contributed by atoms with Gasteiger partial charge in [0.25, 0.3) is 0 Å². The van der Waals surface area contributed by atoms with Crippen LogP contribution in [0.25, 0.3) is 0 Å². The predicted molar refractivity (Wildman–Crippen MR) is 79.6 cm³/mol. The van der Waals surface area contributed by atoms with E-state index in [4.69, 9.17) is 4.74 Å². The molecule has 7 nitrogen and oxygen atoms in total. The van der Waals surface area contributed by atoms with Crippen LogP contribution in [-0.2, 0) is 21.3 Å². The Morgan fingerprint density at radius 3 is 3.05 bits per heavy atom. The molecule has 8 heteroatoms. The van der Waals surface area contributed by atoms with Gasteiger partial charge in [0.15, 0.2) is 0 Å². The van der Waals surface area contributed by atoms with Gasteiger partial charge in [-0.15, -0.1) is 0 Å². The summed E-state index contributed by atoms with van der Waals surface area (Å²) in [6.45, 7) is 3.27. The highest BCUT2D eigenvalue weighted by Crippen LogP contribution is 2.29. The molecule has 118 valence electrons. The number of nitrogens with zero attached hydrogens (tertiary/aromatic N) is 3. The van der Waals surface area contributed by atoms with E-state index in [2.05, 4.69) is 14.7 Å². The number of nitrogens with one attached hydrogen (secondary N) is 1. The molecule has 1 N–H and O–H groups in total. The molecule has 0 spiro atoms. The summed E-state index contributed by atoms with van der Waals surface area (Å²) in [7, 11) is -3.62. The van der Waals surface area contributed by atoms with Gasteiger partial charge in [-0.2, -0.15) is 0 Å². The van der Waals surface area contributed by atoms with E-state index < -0.39 is 10.0 Å². The van der Waals surface area contributed by atoms with Gasteiger partial charge in [-0.1, -0.05) is 0 Å². The van der Waals surface area contributed by atoms with E-state index >= 15 is 0 Å². The first-order valence-corrected chi connectivity index (χ1v) is 8.65. The lowest BCUT2D eigenvalue weighted by molar-refractivity contribution is 0.0925. The third kappa shape index (κ3) is 2.90. The van der Waals surface area contributed by atoms with Crippen molar-refractivity contribution in [3.63, 3.8) is 0 Å². The van der Waals surface area contributed by atoms with E-state index in [0.29, 0.717) is 13.0 Å². The monoisotopic (exact) mass is 322 g/mol. The van der Waals surface area contributed by atoms with E-state index in [0.717, 1.165) is 12.4 Å². The lowest BCUT2D eigenvalue weighted by Gasteiger charge is -2.20. The fourth-order valence-electron chi connectivity index (χ4n) is 2.58. The summed E-state index contributed by atoms with van der Waals surface area (Å²) in [6, 6.07) is 2.78. The van der Waals surface area contributed by atoms with Gasteiger partial charge >= 0.3 is 0 Å². The Labute approximate surface area is 129 Å². The zero-order valence-electron chi connectivity index (χ0n) is 12.2. The van der Waals surface area contributed by atoms with E-state index in [1.807, 2.05) is 17.7 Å². The number of pyridine rings is 1. The average Bonchev–Trinajstić information content (AvgIpc) is 3.15. The summed E-state index contributed by atoms with van der Waals surface area (Å²) >= 11 is 0. The van der Waals surface area contributed by atoms with Crippen LogP contribution in [-0.4, -0.2) is 35.6 Å². The van der Waals surface area contributed by atoms with Gasteiger partial charge in [0.2, 0.25) is 10.0 Å². The Kier molecular flexibility index (Phi) is 4.23. The molecule has 3 rings (SSSR count). The minimum Gasteiger partial charge on any atom is -0.369 e. The molecule has 0 bridgehead atoms. The zero-order chi connectivity index (χ0) is 15.6. The highest BCUT2D eigenvalue weighted by Gasteiger charge is 2.35. The molecule has 0 amide bonds. The molecule has 0 aromatic carbocycles. The second-order valence-corrected chi connectivity index (χ2v) is 6.78. The summed E-state index contributed by atoms with van der Waals surface area (Å²) in [5.41, 5.74) is 0. The third-order valence-electron chi connectivity index (χ3n) is 3.69. The fourth-order valence-corrected chi connectivity index (χ4v) is 3.82. The Bertz CT molecular complexity index is 730. The second-order valence-electron chi connectivity index (χ2n) is 5.07. The van der Waals surface area contributed by atoms with E-state index in [-0.39, 0.29) is 17.0 Å². The van der Waals surface area contributed by atoms with E-state index in [1.54, 1.807) is 18.5 Å². The maximum absolute atomic E-state index is 12.4. The number of imidazole rings is 1. The summed E-state index contributed by atoms with van der Waals surface area (Å²) in [5, 5.41) is 0. The number of hydrogen-bond donors (Lipinski definition) is 1. The molecule has 1 saturated heterocycles. The molecule has 2 aromatic rings. The molecular formula is C14H18N4O3S. The Hall–Kier alpha value is -1.77. The van der Waals surface area contributed by atoms with Crippen LogP contribution in [0.1, 0.15) is 25.3 Å². The number of ether oxygens (including phenoxy) is 1. The molecule has 1 aliphatic heterocycles. The quantitative estimate of drug-likeness (QED) is 0.891. The molecule has 0 radical (unpaired) electrons. The van der Waals surface area contributed by atoms with Crippen molar-refractivity contribution in [2.24, 2.45) is 0 Å². The smallest absolute Gasteiger partial charge is 0.242 e. The number of aryl methyl sites for hydroxylation is 1. The Morgan fingerprint density at radius 1 is 1.45 bits per heavy atom. The highest BCUT2D eigenvalue weighted by atomic mass is 32.2. The van der Waals surface area contributed by atoms with Gasteiger partial charge in [-0.3, -0.25) is 4.98 Å². The van der Waals surface area contributed by atoms with Crippen molar-refractivity contribution in [1.82, 2.24) is 19.3 Å². The van der Waals surface area contributed by atoms with Crippen molar-refractivity contribution in [3.05, 3.63) is 42.7 Å². The zero-order valence-corrected chi connectivity index (χ0v) is 13.0. The lowest BCUT2D eigenvalue weighted by Crippen LogP contribution is -2.37. The molecule has 1 fully saturated rings. The minimum atomic E-state index is -3.62. The largest absolute Gasteiger partial charge is 0.369 e. The summed E-state index contributed by atoms with van der Waals surface area (Å²) in [5.74, 6) is 0.749. The van der Waals surface area contributed by atoms with Gasteiger partial charge in [0.1, 0.15) is 16.8 Å². The van der Waals surface area contributed by atoms with Crippen LogP contribution in [0.15, 0.2) is 41.8 Å². The Morgan fingerprint density at radius 2 is 2.32 bits per heavy atom. The molecule has 0 unspecified atom stereocenters. The van der Waals surface area contributed by atoms with Gasteiger partial charge in [-0.25, -0.2) is 18.1 Å². The van der Waals surface area contributed by atoms with Crippen LogP contribution in [0, 0.1) is 0 Å². The number of rotatable bonds is 5. The van der Waals surface area contributed by atoms with Crippen molar-refractivity contribution in [2.75, 3.05) is 6.61 Å². The molecule has 2 atom stereocenters. The van der Waals surface area contributed by atoms with Gasteiger partial charge in [0.05, 0.1) is 6.04 Å². The summed E-state index contributed by atoms with van der Waals surface area (Å²) in [6.07, 6.45) is 6.68. The maximum Gasteiger partial charge on any atom is 0.242 e. The van der Waals surface area contributed by atoms with Gasteiger partial charge in [0, 0.05) is 37.9 Å². The average molecular weight is 322 g/mol. The van der Waals surface area contributed by atoms with Gasteiger partial charge < -0.3 is 9.30 Å². The van der Waals surface area contributed by atoms with Crippen LogP contribution in [0.3, 0.4) is 0 Å².